The molecule has 8 nitrogen and oxygen atoms in total. The first-order valence-electron chi connectivity index (χ1n) is 11.2. The van der Waals surface area contributed by atoms with Crippen molar-refractivity contribution in [3.8, 4) is 0 Å². The predicted octanol–water partition coefficient (Wildman–Crippen LogP) is 1.65. The van der Waals surface area contributed by atoms with Crippen LogP contribution in [-0.2, 0) is 42.9 Å². The zero-order valence-electron chi connectivity index (χ0n) is 23.4. The Balaban J connectivity index is 0. The van der Waals surface area contributed by atoms with Gasteiger partial charge in [0.2, 0.25) is 0 Å². The van der Waals surface area contributed by atoms with Crippen LogP contribution < -0.4 is 0 Å². The van der Waals surface area contributed by atoms with Gasteiger partial charge >= 0.3 is 178 Å². The first kappa shape index (κ1) is 33.6. The Labute approximate surface area is 202 Å². The summed E-state index contributed by atoms with van der Waals surface area (Å²) >= 11 is -6.80. The van der Waals surface area contributed by atoms with E-state index in [-0.39, 0.29) is 26.2 Å². The summed E-state index contributed by atoms with van der Waals surface area (Å²) in [6.45, 7) is 12.5. The third-order valence-electron chi connectivity index (χ3n) is 12.3. The fourth-order valence-corrected chi connectivity index (χ4v) is 68.6. The van der Waals surface area contributed by atoms with E-state index in [1.165, 1.54) is 0 Å². The first-order valence-corrected chi connectivity index (χ1v) is 20.0. The van der Waals surface area contributed by atoms with E-state index in [2.05, 4.69) is 135 Å². The van der Waals surface area contributed by atoms with Crippen molar-refractivity contribution in [1.29, 1.82) is 0 Å². The van der Waals surface area contributed by atoms with Crippen molar-refractivity contribution in [3.63, 3.8) is 0 Å². The minimum Gasteiger partial charge on any atom is 0 e. The molecule has 0 radical (unpaired) electrons. The normalized spacial score (nSPS) is 18.9. The Kier molecular flexibility index (Phi) is 8.96. The third kappa shape index (κ3) is 1.62. The fraction of sp³-hybridized carbons (Fsp3) is 1.00. The van der Waals surface area contributed by atoms with Crippen molar-refractivity contribution < 1.29 is 42.9 Å². The molecule has 30 heavy (non-hydrogen) atoms. The standard InChI is InChI=1S/4C3H8N.4C2H6N.2Zr/c4*1-3-4-2;4*1-3-2;;/h4*3H2,1-2H3;4*1-2H3;;/q8*-1;;+8. The Morgan fingerprint density at radius 1 is 0.367 bits per heavy atom. The maximum Gasteiger partial charge on any atom is 0 e. The molecule has 0 saturated heterocycles. The molecule has 0 amide bonds. The van der Waals surface area contributed by atoms with Gasteiger partial charge in [-0.3, -0.25) is 0 Å². The Morgan fingerprint density at radius 2 is 0.500 bits per heavy atom. The monoisotopic (exact) mass is 588 g/mol. The van der Waals surface area contributed by atoms with Crippen LogP contribution in [0.4, 0.5) is 0 Å². The zero-order chi connectivity index (χ0) is 23.8. The quantitative estimate of drug-likeness (QED) is 0.339. The minimum absolute atomic E-state index is 0. The second kappa shape index (κ2) is 8.00. The van der Waals surface area contributed by atoms with Gasteiger partial charge in [0, 0.05) is 26.2 Å². The molecule has 0 aliphatic heterocycles. The van der Waals surface area contributed by atoms with Gasteiger partial charge in [-0.2, -0.15) is 0 Å². The number of rotatable bonds is 12. The second-order valence-electron chi connectivity index (χ2n) is 10.4. The van der Waals surface area contributed by atoms with E-state index < -0.39 is 16.7 Å². The molecule has 0 aliphatic carbocycles. The van der Waals surface area contributed by atoms with Gasteiger partial charge in [-0.25, -0.2) is 0 Å². The van der Waals surface area contributed by atoms with Gasteiger partial charge in [0.15, 0.2) is 0 Å². The first-order chi connectivity index (χ1) is 13.0. The van der Waals surface area contributed by atoms with Gasteiger partial charge in [-0.15, -0.1) is 0 Å². The van der Waals surface area contributed by atoms with Crippen molar-refractivity contribution in [3.05, 3.63) is 0 Å². The molecule has 0 aromatic rings. The van der Waals surface area contributed by atoms with E-state index in [4.69, 9.17) is 0 Å². The summed E-state index contributed by atoms with van der Waals surface area (Å²) in [6.07, 6.45) is 0. The van der Waals surface area contributed by atoms with Crippen molar-refractivity contribution >= 4 is 0 Å². The van der Waals surface area contributed by atoms with Crippen LogP contribution in [0.3, 0.4) is 0 Å². The molecule has 0 atom stereocenters. The molecule has 0 fully saturated rings. The maximum atomic E-state index is 2.67. The minimum atomic E-state index is -6.80. The van der Waals surface area contributed by atoms with Crippen LogP contribution in [0.25, 0.3) is 0 Å². The SMILES string of the molecule is CC[N](C)[Zr]([N](C)C)([N](C)C)([N](C)C)([N](C)C)([N](C)CC)([N](C)CC)[N](C)CC.[Zr]. The molecule has 0 aromatic carbocycles. The molecule has 0 rings (SSSR count). The molecule has 0 saturated carbocycles. The number of nitrogens with zero attached hydrogens (tertiary/aromatic N) is 8. The van der Waals surface area contributed by atoms with Crippen LogP contribution in [0, 0.1) is 0 Å². The molecule has 0 aliphatic rings. The summed E-state index contributed by atoms with van der Waals surface area (Å²) in [6, 6.07) is 0. The van der Waals surface area contributed by atoms with Gasteiger partial charge in [0.25, 0.3) is 0 Å². The van der Waals surface area contributed by atoms with Crippen LogP contribution in [-0.4, -0.2) is 134 Å². The summed E-state index contributed by atoms with van der Waals surface area (Å²) in [5, 5.41) is 0. The van der Waals surface area contributed by atoms with E-state index in [0.717, 1.165) is 26.2 Å². The molecular weight excluding hydrogens is 535 g/mol. The van der Waals surface area contributed by atoms with Crippen molar-refractivity contribution in [2.75, 3.05) is 111 Å². The second-order valence-corrected chi connectivity index (χ2v) is 40.5. The van der Waals surface area contributed by atoms with Gasteiger partial charge in [-0.1, -0.05) is 0 Å². The summed E-state index contributed by atoms with van der Waals surface area (Å²) in [4.78, 5) is 0. The smallest absolute Gasteiger partial charge is 0 e. The van der Waals surface area contributed by atoms with Crippen LogP contribution >= 0.6 is 0 Å². The summed E-state index contributed by atoms with van der Waals surface area (Å²) in [5.41, 5.74) is 0. The zero-order valence-corrected chi connectivity index (χ0v) is 28.3. The molecule has 0 N–H and O–H groups in total. The topological polar surface area (TPSA) is 25.9 Å². The maximum absolute atomic E-state index is 6.80. The van der Waals surface area contributed by atoms with E-state index in [0.29, 0.717) is 0 Å². The summed E-state index contributed by atoms with van der Waals surface area (Å²) in [7, 11) is 27.5. The van der Waals surface area contributed by atoms with Gasteiger partial charge in [-0.05, 0) is 0 Å². The van der Waals surface area contributed by atoms with Gasteiger partial charge < -0.3 is 0 Å². The van der Waals surface area contributed by atoms with Crippen LogP contribution in [0.15, 0.2) is 0 Å². The average Bonchev–Trinajstić information content (AvgIpc) is 2.67. The van der Waals surface area contributed by atoms with E-state index in [9.17, 15) is 0 Å². The van der Waals surface area contributed by atoms with E-state index in [1.807, 2.05) is 0 Å². The van der Waals surface area contributed by atoms with E-state index in [1.54, 1.807) is 0 Å². The van der Waals surface area contributed by atoms with Gasteiger partial charge in [0.1, 0.15) is 0 Å². The Morgan fingerprint density at radius 3 is 0.567 bits per heavy atom. The number of hydrogen-bond acceptors (Lipinski definition) is 8. The summed E-state index contributed by atoms with van der Waals surface area (Å²) in [5.74, 6) is 0. The van der Waals surface area contributed by atoms with Crippen LogP contribution in [0.2, 0.25) is 0 Å². The Bertz CT molecular complexity index is 526. The van der Waals surface area contributed by atoms with E-state index >= 15 is 0 Å². The molecule has 0 spiro atoms. The molecule has 184 valence electrons. The van der Waals surface area contributed by atoms with Crippen molar-refractivity contribution in [1.82, 2.24) is 22.7 Å². The molecular formula is C20H56N8Zr2. The Hall–Kier alpha value is 1.45. The summed E-state index contributed by atoms with van der Waals surface area (Å²) < 4.78 is 21.0. The van der Waals surface area contributed by atoms with Crippen LogP contribution in [0.1, 0.15) is 27.7 Å². The predicted molar refractivity (Wildman–Crippen MR) is 128 cm³/mol. The fourth-order valence-electron chi connectivity index (χ4n) is 11.6. The molecule has 10 heteroatoms. The largest absolute Gasteiger partial charge is 0 e. The molecule has 0 aromatic heterocycles. The van der Waals surface area contributed by atoms with Crippen LogP contribution in [0.5, 0.6) is 0 Å². The number of hydrogen-bond donors (Lipinski definition) is 0. The molecule has 0 bridgehead atoms. The molecule has 0 heterocycles. The van der Waals surface area contributed by atoms with Crippen molar-refractivity contribution in [2.24, 2.45) is 0 Å². The third-order valence-corrected chi connectivity index (χ3v) is 66.4. The molecule has 0 unspecified atom stereocenters. The van der Waals surface area contributed by atoms with Crippen molar-refractivity contribution in [2.45, 2.75) is 27.7 Å². The van der Waals surface area contributed by atoms with Gasteiger partial charge in [0.05, 0.1) is 0 Å². The average molecular weight is 591 g/mol.